The standard InChI is InChI=1S/C42H48N6O6/c1-4-15-33(40(50)44-28-30-18-9-6-10-19-30)48-36-27-38(54-3)37(53-2)26-35(36)46(42(48)52)25-14-13-24-43-39(49)34(23-22-29-16-7-5-8-17-29)47-32-21-12-11-20-31(32)45-41(47)51/h5-12,16-21,26-27,33-34H,4,13-15,22-25,28H2,1-3H3,(H,43,49)(H,44,50)(H,45,51). The number of nitrogens with one attached hydrogen (secondary N) is 3. The number of amides is 2. The summed E-state index contributed by atoms with van der Waals surface area (Å²) in [5.41, 5.74) is 3.95. The maximum atomic E-state index is 14.3. The van der Waals surface area contributed by atoms with Crippen molar-refractivity contribution in [1.82, 2.24) is 29.3 Å². The fraction of sp³-hybridized carbons (Fsp3) is 0.333. The van der Waals surface area contributed by atoms with Crippen molar-refractivity contribution in [3.63, 3.8) is 0 Å². The predicted octanol–water partition coefficient (Wildman–Crippen LogP) is 5.89. The van der Waals surface area contributed by atoms with Crippen LogP contribution in [0.3, 0.4) is 0 Å². The summed E-state index contributed by atoms with van der Waals surface area (Å²) in [6.45, 7) is 3.03. The predicted molar refractivity (Wildman–Crippen MR) is 210 cm³/mol. The Morgan fingerprint density at radius 3 is 2.00 bits per heavy atom. The molecule has 0 aliphatic rings. The lowest BCUT2D eigenvalue weighted by Crippen LogP contribution is -2.38. The molecule has 6 aromatic rings. The second kappa shape index (κ2) is 17.7. The molecule has 2 heterocycles. The second-order valence-electron chi connectivity index (χ2n) is 13.4. The van der Waals surface area contributed by atoms with E-state index >= 15 is 0 Å². The van der Waals surface area contributed by atoms with E-state index in [2.05, 4.69) is 15.6 Å². The van der Waals surface area contributed by atoms with Crippen molar-refractivity contribution in [3.05, 3.63) is 129 Å². The first-order valence-corrected chi connectivity index (χ1v) is 18.5. The molecule has 6 rings (SSSR count). The number of carbonyl (C=O) groups excluding carboxylic acids is 2. The number of H-pyrrole nitrogens is 1. The number of rotatable bonds is 18. The topological polar surface area (TPSA) is 141 Å². The van der Waals surface area contributed by atoms with Crippen LogP contribution in [-0.2, 0) is 29.1 Å². The van der Waals surface area contributed by atoms with Crippen molar-refractivity contribution in [1.29, 1.82) is 0 Å². The van der Waals surface area contributed by atoms with Crippen LogP contribution >= 0.6 is 0 Å². The number of aromatic amines is 1. The van der Waals surface area contributed by atoms with E-state index in [1.807, 2.05) is 91.9 Å². The number of hydrogen-bond donors (Lipinski definition) is 3. The number of benzene rings is 4. The van der Waals surface area contributed by atoms with Crippen LogP contribution in [0, 0.1) is 0 Å². The average molecular weight is 733 g/mol. The van der Waals surface area contributed by atoms with Gasteiger partial charge in [0.1, 0.15) is 12.1 Å². The van der Waals surface area contributed by atoms with Crippen LogP contribution in [0.15, 0.2) is 107 Å². The van der Waals surface area contributed by atoms with Gasteiger partial charge in [0.2, 0.25) is 11.8 Å². The minimum atomic E-state index is -0.743. The number of nitrogens with zero attached hydrogens (tertiary/aromatic N) is 3. The van der Waals surface area contributed by atoms with Crippen LogP contribution in [0.25, 0.3) is 22.1 Å². The Morgan fingerprint density at radius 1 is 0.704 bits per heavy atom. The Hall–Kier alpha value is -6.04. The largest absolute Gasteiger partial charge is 0.493 e. The Kier molecular flexibility index (Phi) is 12.3. The van der Waals surface area contributed by atoms with Crippen molar-refractivity contribution in [2.24, 2.45) is 0 Å². The van der Waals surface area contributed by atoms with Crippen molar-refractivity contribution in [2.75, 3.05) is 20.8 Å². The molecule has 0 spiro atoms. The molecule has 2 amide bonds. The third-order valence-electron chi connectivity index (χ3n) is 9.85. The minimum absolute atomic E-state index is 0.240. The van der Waals surface area contributed by atoms with E-state index in [1.165, 1.54) is 7.11 Å². The van der Waals surface area contributed by atoms with Gasteiger partial charge in [0, 0.05) is 31.8 Å². The Labute approximate surface area is 313 Å². The number of para-hydroxylation sites is 2. The van der Waals surface area contributed by atoms with E-state index in [0.29, 0.717) is 91.7 Å². The summed E-state index contributed by atoms with van der Waals surface area (Å²) in [5, 5.41) is 6.09. The lowest BCUT2D eigenvalue weighted by Gasteiger charge is -2.19. The molecule has 0 saturated heterocycles. The zero-order valence-corrected chi connectivity index (χ0v) is 31.0. The van der Waals surface area contributed by atoms with E-state index in [0.717, 1.165) is 11.1 Å². The van der Waals surface area contributed by atoms with Crippen molar-refractivity contribution < 1.29 is 19.1 Å². The zero-order chi connectivity index (χ0) is 38.0. The number of aromatic nitrogens is 4. The summed E-state index contributed by atoms with van der Waals surface area (Å²) >= 11 is 0. The van der Waals surface area contributed by atoms with Crippen LogP contribution in [0.1, 0.15) is 62.2 Å². The summed E-state index contributed by atoms with van der Waals surface area (Å²) in [5.74, 6) is 0.440. The Balaban J connectivity index is 1.20. The molecule has 3 N–H and O–H groups in total. The highest BCUT2D eigenvalue weighted by Gasteiger charge is 2.28. The molecule has 12 nitrogen and oxygen atoms in total. The summed E-state index contributed by atoms with van der Waals surface area (Å²) in [6, 6.07) is 29.0. The summed E-state index contributed by atoms with van der Waals surface area (Å²) in [7, 11) is 3.08. The van der Waals surface area contributed by atoms with Gasteiger partial charge in [-0.3, -0.25) is 23.3 Å². The first kappa shape index (κ1) is 37.7. The molecule has 4 aromatic carbocycles. The van der Waals surface area contributed by atoms with Crippen LogP contribution in [0.2, 0.25) is 0 Å². The van der Waals surface area contributed by atoms with Crippen molar-refractivity contribution in [3.8, 4) is 11.5 Å². The number of methoxy groups -OCH3 is 2. The number of unbranched alkanes of at least 4 members (excludes halogenated alkanes) is 1. The molecule has 0 bridgehead atoms. The molecule has 2 unspecified atom stereocenters. The lowest BCUT2D eigenvalue weighted by molar-refractivity contribution is -0.125. The van der Waals surface area contributed by atoms with Crippen LogP contribution in [-0.4, -0.2) is 51.3 Å². The molecule has 282 valence electrons. The van der Waals surface area contributed by atoms with Gasteiger partial charge in [-0.15, -0.1) is 0 Å². The molecule has 2 atom stereocenters. The van der Waals surface area contributed by atoms with Crippen LogP contribution in [0.4, 0.5) is 0 Å². The first-order valence-electron chi connectivity index (χ1n) is 18.5. The van der Waals surface area contributed by atoms with E-state index in [1.54, 1.807) is 32.9 Å². The van der Waals surface area contributed by atoms with Gasteiger partial charge >= 0.3 is 11.4 Å². The number of hydrogen-bond acceptors (Lipinski definition) is 6. The SMILES string of the molecule is CCCC(C(=O)NCc1ccccc1)n1c(=O)n(CCCCNC(=O)C(CCc2ccccc2)n2c(=O)[nH]c3ccccc32)c2cc(OC)c(OC)cc21. The molecular formula is C42H48N6O6. The monoisotopic (exact) mass is 732 g/mol. The third kappa shape index (κ3) is 8.27. The molecule has 0 saturated carbocycles. The van der Waals surface area contributed by atoms with Gasteiger partial charge in [-0.2, -0.15) is 0 Å². The Bertz CT molecular complexity index is 2310. The average Bonchev–Trinajstić information content (AvgIpc) is 3.67. The molecule has 54 heavy (non-hydrogen) atoms. The minimum Gasteiger partial charge on any atom is -0.493 e. The van der Waals surface area contributed by atoms with Gasteiger partial charge in [0.15, 0.2) is 11.5 Å². The summed E-state index contributed by atoms with van der Waals surface area (Å²) < 4.78 is 16.0. The Morgan fingerprint density at radius 2 is 1.31 bits per heavy atom. The smallest absolute Gasteiger partial charge is 0.329 e. The fourth-order valence-corrected chi connectivity index (χ4v) is 7.11. The number of fused-ring (bicyclic) bond motifs is 2. The normalized spacial score (nSPS) is 12.4. The molecule has 12 heteroatoms. The fourth-order valence-electron chi connectivity index (χ4n) is 7.11. The van der Waals surface area contributed by atoms with Gasteiger partial charge in [-0.1, -0.05) is 86.1 Å². The summed E-state index contributed by atoms with van der Waals surface area (Å²) in [6.07, 6.45) is 3.35. The molecule has 0 fully saturated rings. The maximum Gasteiger partial charge on any atom is 0.329 e. The maximum absolute atomic E-state index is 14.3. The van der Waals surface area contributed by atoms with E-state index in [-0.39, 0.29) is 23.2 Å². The van der Waals surface area contributed by atoms with Gasteiger partial charge in [-0.25, -0.2) is 9.59 Å². The molecule has 2 aromatic heterocycles. The van der Waals surface area contributed by atoms with E-state index in [4.69, 9.17) is 9.47 Å². The van der Waals surface area contributed by atoms with Gasteiger partial charge in [0.25, 0.3) is 0 Å². The van der Waals surface area contributed by atoms with Gasteiger partial charge < -0.3 is 25.1 Å². The number of imidazole rings is 2. The number of ether oxygens (including phenoxy) is 2. The third-order valence-corrected chi connectivity index (χ3v) is 9.85. The van der Waals surface area contributed by atoms with E-state index < -0.39 is 12.1 Å². The summed E-state index contributed by atoms with van der Waals surface area (Å²) in [4.78, 5) is 57.8. The first-order chi connectivity index (χ1) is 26.3. The number of aryl methyl sites for hydroxylation is 2. The number of carbonyl (C=O) groups is 2. The molecular weight excluding hydrogens is 684 g/mol. The van der Waals surface area contributed by atoms with E-state index in [9.17, 15) is 19.2 Å². The quantitative estimate of drug-likeness (QED) is 0.0942. The van der Waals surface area contributed by atoms with Gasteiger partial charge in [-0.05, 0) is 55.4 Å². The van der Waals surface area contributed by atoms with Crippen molar-refractivity contribution >= 4 is 33.9 Å². The van der Waals surface area contributed by atoms with Crippen LogP contribution < -0.4 is 31.5 Å². The highest BCUT2D eigenvalue weighted by Crippen LogP contribution is 2.33. The van der Waals surface area contributed by atoms with Crippen molar-refractivity contribution in [2.45, 2.75) is 70.6 Å². The lowest BCUT2D eigenvalue weighted by atomic mass is 10.0. The highest BCUT2D eigenvalue weighted by molar-refractivity contribution is 5.86. The zero-order valence-electron chi connectivity index (χ0n) is 31.0. The molecule has 0 aliphatic heterocycles. The molecule has 0 radical (unpaired) electrons. The molecule has 0 aliphatic carbocycles. The van der Waals surface area contributed by atoms with Crippen LogP contribution in [0.5, 0.6) is 11.5 Å². The highest BCUT2D eigenvalue weighted by atomic mass is 16.5. The van der Waals surface area contributed by atoms with Gasteiger partial charge in [0.05, 0.1) is 36.3 Å². The second-order valence-corrected chi connectivity index (χ2v) is 13.4.